The van der Waals surface area contributed by atoms with Gasteiger partial charge in [-0.2, -0.15) is 0 Å². The smallest absolute Gasteiger partial charge is 0.306 e. The van der Waals surface area contributed by atoms with Crippen LogP contribution in [0, 0.1) is 11.3 Å². The molecule has 2 rings (SSSR count). The van der Waals surface area contributed by atoms with Crippen molar-refractivity contribution >= 4 is 23.5 Å². The first kappa shape index (κ1) is 26.4. The highest BCUT2D eigenvalue weighted by molar-refractivity contribution is 6.30. The molecule has 1 aliphatic carbocycles. The quantitative estimate of drug-likeness (QED) is 0.307. The van der Waals surface area contributed by atoms with Crippen LogP contribution in [0.15, 0.2) is 24.3 Å². The molecule has 0 radical (unpaired) electrons. The van der Waals surface area contributed by atoms with Gasteiger partial charge in [0.2, 0.25) is 5.91 Å². The third-order valence-electron chi connectivity index (χ3n) is 6.08. The van der Waals surface area contributed by atoms with Gasteiger partial charge in [0.05, 0.1) is 17.9 Å². The topological polar surface area (TPSA) is 125 Å². The molecule has 1 saturated carbocycles. The average molecular weight is 472 g/mol. The SMILES string of the molecule is COCC[C@H](CC1(C(=O)NC(CCOc2ccc(Cl)cc2)CC(O)O)CCCC1)C(=O)O. The zero-order valence-corrected chi connectivity index (χ0v) is 19.2. The Balaban J connectivity index is 2.02. The minimum absolute atomic E-state index is 0.0438. The number of benzene rings is 1. The molecule has 1 aromatic rings. The van der Waals surface area contributed by atoms with E-state index in [0.717, 1.165) is 12.8 Å². The summed E-state index contributed by atoms with van der Waals surface area (Å²) < 4.78 is 10.7. The van der Waals surface area contributed by atoms with Gasteiger partial charge in [-0.15, -0.1) is 0 Å². The van der Waals surface area contributed by atoms with E-state index in [1.165, 1.54) is 7.11 Å². The predicted molar refractivity (Wildman–Crippen MR) is 119 cm³/mol. The van der Waals surface area contributed by atoms with Crippen molar-refractivity contribution in [2.24, 2.45) is 11.3 Å². The van der Waals surface area contributed by atoms with Crippen LogP contribution in [0.5, 0.6) is 5.75 Å². The summed E-state index contributed by atoms with van der Waals surface area (Å²) >= 11 is 5.87. The number of aliphatic carboxylic acids is 1. The summed E-state index contributed by atoms with van der Waals surface area (Å²) in [5.74, 6) is -1.21. The summed E-state index contributed by atoms with van der Waals surface area (Å²) in [4.78, 5) is 25.1. The van der Waals surface area contributed by atoms with E-state index >= 15 is 0 Å². The second-order valence-electron chi connectivity index (χ2n) is 8.49. The van der Waals surface area contributed by atoms with Crippen LogP contribution in [-0.2, 0) is 14.3 Å². The van der Waals surface area contributed by atoms with E-state index in [4.69, 9.17) is 21.1 Å². The van der Waals surface area contributed by atoms with E-state index in [9.17, 15) is 24.9 Å². The standard InChI is InChI=1S/C23H34ClNO7/c1-31-12-8-16(21(28)29)15-23(10-2-3-11-23)22(30)25-18(14-20(26)27)9-13-32-19-6-4-17(24)5-7-19/h4-7,16,18,20,26-27H,2-3,8-15H2,1H3,(H,25,30)(H,28,29)/t16-,18?/m1/s1. The van der Waals surface area contributed by atoms with E-state index in [2.05, 4.69) is 5.32 Å². The van der Waals surface area contributed by atoms with Crippen molar-refractivity contribution in [3.8, 4) is 5.75 Å². The molecule has 1 fully saturated rings. The van der Waals surface area contributed by atoms with Crippen LogP contribution in [0.1, 0.15) is 51.4 Å². The first-order valence-corrected chi connectivity index (χ1v) is 11.4. The fourth-order valence-corrected chi connectivity index (χ4v) is 4.44. The average Bonchev–Trinajstić information content (AvgIpc) is 3.22. The van der Waals surface area contributed by atoms with Gasteiger partial charge in [0.15, 0.2) is 6.29 Å². The summed E-state index contributed by atoms with van der Waals surface area (Å²) in [6, 6.07) is 6.36. The first-order valence-electron chi connectivity index (χ1n) is 11.0. The highest BCUT2D eigenvalue weighted by Crippen LogP contribution is 2.44. The van der Waals surface area contributed by atoms with Gasteiger partial charge in [-0.05, 0) is 49.9 Å². The van der Waals surface area contributed by atoms with Crippen molar-refractivity contribution in [2.45, 2.75) is 63.7 Å². The Hall–Kier alpha value is -1.87. The van der Waals surface area contributed by atoms with E-state index in [0.29, 0.717) is 43.1 Å². The number of rotatable bonds is 14. The maximum absolute atomic E-state index is 13.3. The van der Waals surface area contributed by atoms with Crippen LogP contribution < -0.4 is 10.1 Å². The molecule has 0 aliphatic heterocycles. The molecule has 2 atom stereocenters. The lowest BCUT2D eigenvalue weighted by molar-refractivity contribution is -0.145. The van der Waals surface area contributed by atoms with E-state index in [1.54, 1.807) is 24.3 Å². The number of hydrogen-bond acceptors (Lipinski definition) is 6. The van der Waals surface area contributed by atoms with Crippen LogP contribution in [-0.4, -0.2) is 59.9 Å². The number of halogens is 1. The Morgan fingerprint density at radius 3 is 2.34 bits per heavy atom. The van der Waals surface area contributed by atoms with Crippen molar-refractivity contribution in [3.05, 3.63) is 29.3 Å². The molecule has 0 heterocycles. The monoisotopic (exact) mass is 471 g/mol. The molecule has 0 aromatic heterocycles. The molecule has 1 aromatic carbocycles. The van der Waals surface area contributed by atoms with Gasteiger partial charge in [-0.25, -0.2) is 0 Å². The maximum atomic E-state index is 13.3. The number of ether oxygens (including phenoxy) is 2. The Morgan fingerprint density at radius 1 is 1.12 bits per heavy atom. The van der Waals surface area contributed by atoms with Crippen LogP contribution in [0.2, 0.25) is 5.02 Å². The lowest BCUT2D eigenvalue weighted by atomic mass is 9.75. The van der Waals surface area contributed by atoms with Crippen LogP contribution in [0.25, 0.3) is 0 Å². The highest BCUT2D eigenvalue weighted by atomic mass is 35.5. The fraction of sp³-hybridized carbons (Fsp3) is 0.652. The maximum Gasteiger partial charge on any atom is 0.306 e. The second kappa shape index (κ2) is 13.0. The number of aliphatic hydroxyl groups excluding tert-OH is 1. The molecule has 0 spiro atoms. The number of carbonyl (C=O) groups excluding carboxylic acids is 1. The van der Waals surface area contributed by atoms with Crippen molar-refractivity contribution in [3.63, 3.8) is 0 Å². The number of carbonyl (C=O) groups is 2. The third kappa shape index (κ3) is 8.24. The van der Waals surface area contributed by atoms with Crippen molar-refractivity contribution in [1.82, 2.24) is 5.32 Å². The zero-order valence-electron chi connectivity index (χ0n) is 18.5. The Kier molecular flexibility index (Phi) is 10.7. The Labute approximate surface area is 193 Å². The summed E-state index contributed by atoms with van der Waals surface area (Å²) in [6.45, 7) is 0.577. The number of amides is 1. The van der Waals surface area contributed by atoms with Gasteiger partial charge in [0.25, 0.3) is 0 Å². The summed E-state index contributed by atoms with van der Waals surface area (Å²) in [7, 11) is 1.52. The number of hydrogen-bond donors (Lipinski definition) is 4. The van der Waals surface area contributed by atoms with Gasteiger partial charge in [0, 0.05) is 37.6 Å². The summed E-state index contributed by atoms with van der Waals surface area (Å²) in [5, 5.41) is 32.1. The zero-order chi connectivity index (χ0) is 23.6. The molecular weight excluding hydrogens is 438 g/mol. The van der Waals surface area contributed by atoms with E-state index in [-0.39, 0.29) is 25.4 Å². The number of aliphatic hydroxyl groups is 2. The molecule has 180 valence electrons. The van der Waals surface area contributed by atoms with Gasteiger partial charge >= 0.3 is 5.97 Å². The Morgan fingerprint density at radius 2 is 1.78 bits per heavy atom. The third-order valence-corrected chi connectivity index (χ3v) is 6.33. The van der Waals surface area contributed by atoms with Gasteiger partial charge in [0.1, 0.15) is 5.75 Å². The molecule has 8 nitrogen and oxygen atoms in total. The van der Waals surface area contributed by atoms with E-state index in [1.807, 2.05) is 0 Å². The first-order chi connectivity index (χ1) is 15.3. The van der Waals surface area contributed by atoms with Crippen LogP contribution in [0.4, 0.5) is 0 Å². The minimum atomic E-state index is -1.58. The van der Waals surface area contributed by atoms with Gasteiger partial charge < -0.3 is 30.1 Å². The molecule has 0 bridgehead atoms. The number of methoxy groups -OCH3 is 1. The van der Waals surface area contributed by atoms with E-state index < -0.39 is 29.6 Å². The van der Waals surface area contributed by atoms with Gasteiger partial charge in [-0.1, -0.05) is 24.4 Å². The summed E-state index contributed by atoms with van der Waals surface area (Å²) in [5.41, 5.74) is -0.771. The molecule has 9 heteroatoms. The normalized spacial score (nSPS) is 17.2. The molecule has 4 N–H and O–H groups in total. The van der Waals surface area contributed by atoms with Crippen LogP contribution in [0.3, 0.4) is 0 Å². The molecular formula is C23H34ClNO7. The molecule has 32 heavy (non-hydrogen) atoms. The molecule has 0 saturated heterocycles. The molecule has 1 aliphatic rings. The predicted octanol–water partition coefficient (Wildman–Crippen LogP) is 2.98. The molecule has 1 amide bonds. The summed E-state index contributed by atoms with van der Waals surface area (Å²) in [6.07, 6.45) is 2.28. The second-order valence-corrected chi connectivity index (χ2v) is 8.92. The Bertz CT molecular complexity index is 720. The number of carboxylic acid groups (broad SMARTS) is 1. The van der Waals surface area contributed by atoms with Crippen LogP contribution >= 0.6 is 11.6 Å². The lowest BCUT2D eigenvalue weighted by Gasteiger charge is -2.32. The van der Waals surface area contributed by atoms with Gasteiger partial charge in [-0.3, -0.25) is 9.59 Å². The minimum Gasteiger partial charge on any atom is -0.494 e. The fourth-order valence-electron chi connectivity index (χ4n) is 4.31. The van der Waals surface area contributed by atoms with Crippen molar-refractivity contribution in [1.29, 1.82) is 0 Å². The van der Waals surface area contributed by atoms with Crippen molar-refractivity contribution in [2.75, 3.05) is 20.3 Å². The van der Waals surface area contributed by atoms with Crippen molar-refractivity contribution < 1.29 is 34.4 Å². The number of carboxylic acids is 1. The highest BCUT2D eigenvalue weighted by Gasteiger charge is 2.44. The largest absolute Gasteiger partial charge is 0.494 e. The molecule has 1 unspecified atom stereocenters. The lowest BCUT2D eigenvalue weighted by Crippen LogP contribution is -2.47. The number of nitrogens with one attached hydrogen (secondary N) is 1.